The average molecular weight is 313 g/mol. The van der Waals surface area contributed by atoms with Gasteiger partial charge in [-0.25, -0.2) is 9.97 Å². The second-order valence-corrected chi connectivity index (χ2v) is 5.70. The Morgan fingerprint density at radius 3 is 2.86 bits per heavy atom. The third-order valence-electron chi connectivity index (χ3n) is 3.72. The molecule has 0 unspecified atom stereocenters. The maximum Gasteiger partial charge on any atom is 0.225 e. The number of aromatic nitrogens is 2. The van der Waals surface area contributed by atoms with Crippen molar-refractivity contribution in [3.8, 4) is 0 Å². The zero-order valence-electron chi connectivity index (χ0n) is 12.4. The van der Waals surface area contributed by atoms with E-state index in [-0.39, 0.29) is 11.8 Å². The predicted molar refractivity (Wildman–Crippen MR) is 81.5 cm³/mol. The summed E-state index contributed by atoms with van der Waals surface area (Å²) in [4.78, 5) is 22.7. The summed E-state index contributed by atoms with van der Waals surface area (Å²) in [6.45, 7) is 3.82. The zero-order valence-corrected chi connectivity index (χ0v) is 13.1. The molecular weight excluding hydrogens is 292 g/mol. The van der Waals surface area contributed by atoms with Gasteiger partial charge in [-0.1, -0.05) is 11.6 Å². The number of ether oxygens (including phenoxy) is 1. The second-order valence-electron chi connectivity index (χ2n) is 5.26. The molecule has 1 amide bonds. The molecule has 1 aliphatic heterocycles. The van der Waals surface area contributed by atoms with E-state index in [0.29, 0.717) is 36.7 Å². The standard InChI is InChI=1S/C14H21ClN4O2/c1-10-3-4-11(13(20)16-5-6-21-2)9-19(10)14-17-7-12(15)8-18-14/h7-8,10-11H,3-6,9H2,1-2H3,(H,16,20)/t10-,11+/m1/s1. The number of nitrogens with zero attached hydrogens (tertiary/aromatic N) is 3. The lowest BCUT2D eigenvalue weighted by Crippen LogP contribution is -2.48. The second kappa shape index (κ2) is 7.56. The molecule has 1 aliphatic rings. The van der Waals surface area contributed by atoms with E-state index in [2.05, 4.69) is 27.1 Å². The highest BCUT2D eigenvalue weighted by Gasteiger charge is 2.31. The van der Waals surface area contributed by atoms with Crippen molar-refractivity contribution >= 4 is 23.5 Å². The maximum absolute atomic E-state index is 12.2. The lowest BCUT2D eigenvalue weighted by molar-refractivity contribution is -0.125. The molecule has 1 N–H and O–H groups in total. The van der Waals surface area contributed by atoms with Crippen LogP contribution in [0.2, 0.25) is 5.02 Å². The zero-order chi connectivity index (χ0) is 15.2. The molecule has 2 atom stereocenters. The molecule has 21 heavy (non-hydrogen) atoms. The van der Waals surface area contributed by atoms with Gasteiger partial charge in [0.1, 0.15) is 0 Å². The first-order valence-electron chi connectivity index (χ1n) is 7.12. The predicted octanol–water partition coefficient (Wildman–Crippen LogP) is 1.50. The first-order valence-corrected chi connectivity index (χ1v) is 7.50. The van der Waals surface area contributed by atoms with Crippen LogP contribution in [0.15, 0.2) is 12.4 Å². The third-order valence-corrected chi connectivity index (χ3v) is 3.92. The Morgan fingerprint density at radius 2 is 2.19 bits per heavy atom. The van der Waals surface area contributed by atoms with Gasteiger partial charge >= 0.3 is 0 Å². The average Bonchev–Trinajstić information content (AvgIpc) is 2.49. The summed E-state index contributed by atoms with van der Waals surface area (Å²) in [5, 5.41) is 3.41. The minimum absolute atomic E-state index is 0.0441. The van der Waals surface area contributed by atoms with Crippen molar-refractivity contribution in [2.45, 2.75) is 25.8 Å². The molecule has 1 aromatic rings. The minimum atomic E-state index is -0.0441. The number of piperidine rings is 1. The molecule has 2 rings (SSSR count). The van der Waals surface area contributed by atoms with Crippen molar-refractivity contribution in [1.82, 2.24) is 15.3 Å². The summed E-state index contributed by atoms with van der Waals surface area (Å²) < 4.78 is 4.94. The molecule has 2 heterocycles. The van der Waals surface area contributed by atoms with Crippen molar-refractivity contribution in [1.29, 1.82) is 0 Å². The van der Waals surface area contributed by atoms with Crippen LogP contribution in [0.3, 0.4) is 0 Å². The van der Waals surface area contributed by atoms with E-state index < -0.39 is 0 Å². The summed E-state index contributed by atoms with van der Waals surface area (Å²) in [5.41, 5.74) is 0. The van der Waals surface area contributed by atoms with Gasteiger partial charge in [0.05, 0.1) is 29.9 Å². The van der Waals surface area contributed by atoms with Crippen LogP contribution in [0.5, 0.6) is 0 Å². The van der Waals surface area contributed by atoms with E-state index in [1.807, 2.05) is 0 Å². The molecular formula is C14H21ClN4O2. The fourth-order valence-corrected chi connectivity index (χ4v) is 2.57. The van der Waals surface area contributed by atoms with E-state index in [9.17, 15) is 4.79 Å². The molecule has 1 fully saturated rings. The van der Waals surface area contributed by atoms with Crippen molar-refractivity contribution in [3.05, 3.63) is 17.4 Å². The van der Waals surface area contributed by atoms with Crippen molar-refractivity contribution < 1.29 is 9.53 Å². The van der Waals surface area contributed by atoms with E-state index >= 15 is 0 Å². The molecule has 0 aliphatic carbocycles. The molecule has 6 nitrogen and oxygen atoms in total. The summed E-state index contributed by atoms with van der Waals surface area (Å²) >= 11 is 5.82. The van der Waals surface area contributed by atoms with Gasteiger partial charge in [0, 0.05) is 26.2 Å². The maximum atomic E-state index is 12.2. The first kappa shape index (κ1) is 16.0. The molecule has 1 aromatic heterocycles. The number of methoxy groups -OCH3 is 1. The smallest absolute Gasteiger partial charge is 0.225 e. The summed E-state index contributed by atoms with van der Waals surface area (Å²) in [6, 6.07) is 0.314. The number of rotatable bonds is 5. The number of halogens is 1. The van der Waals surface area contributed by atoms with Gasteiger partial charge in [-0.3, -0.25) is 4.79 Å². The fourth-order valence-electron chi connectivity index (χ4n) is 2.47. The van der Waals surface area contributed by atoms with Crippen LogP contribution in [-0.4, -0.2) is 48.7 Å². The van der Waals surface area contributed by atoms with Crippen LogP contribution in [-0.2, 0) is 9.53 Å². The molecule has 7 heteroatoms. The SMILES string of the molecule is COCCNC(=O)[C@H]1CC[C@@H](C)N(c2ncc(Cl)cn2)C1. The molecule has 0 aromatic carbocycles. The van der Waals surface area contributed by atoms with Gasteiger partial charge in [-0.2, -0.15) is 0 Å². The van der Waals surface area contributed by atoms with Crippen LogP contribution in [0.4, 0.5) is 5.95 Å². The van der Waals surface area contributed by atoms with E-state index in [0.717, 1.165) is 12.8 Å². The van der Waals surface area contributed by atoms with Crippen LogP contribution < -0.4 is 10.2 Å². The highest BCUT2D eigenvalue weighted by atomic mass is 35.5. The topological polar surface area (TPSA) is 67.3 Å². The van der Waals surface area contributed by atoms with E-state index in [4.69, 9.17) is 16.3 Å². The number of hydrogen-bond donors (Lipinski definition) is 1. The largest absolute Gasteiger partial charge is 0.383 e. The molecule has 0 saturated carbocycles. The van der Waals surface area contributed by atoms with Gasteiger partial charge in [0.2, 0.25) is 11.9 Å². The fraction of sp³-hybridized carbons (Fsp3) is 0.643. The lowest BCUT2D eigenvalue weighted by Gasteiger charge is -2.37. The van der Waals surface area contributed by atoms with Gasteiger partial charge in [-0.05, 0) is 19.8 Å². The lowest BCUT2D eigenvalue weighted by atomic mass is 9.93. The van der Waals surface area contributed by atoms with Gasteiger partial charge in [0.25, 0.3) is 0 Å². The number of anilines is 1. The first-order chi connectivity index (χ1) is 10.1. The van der Waals surface area contributed by atoms with Crippen LogP contribution in [0.25, 0.3) is 0 Å². The number of carbonyl (C=O) groups excluding carboxylic acids is 1. The highest BCUT2D eigenvalue weighted by Crippen LogP contribution is 2.25. The molecule has 0 radical (unpaired) electrons. The van der Waals surface area contributed by atoms with Gasteiger partial charge in [-0.15, -0.1) is 0 Å². The molecule has 0 spiro atoms. The van der Waals surface area contributed by atoms with Crippen molar-refractivity contribution in [2.75, 3.05) is 31.7 Å². The normalized spacial score (nSPS) is 22.1. The third kappa shape index (κ3) is 4.28. The Kier molecular flexibility index (Phi) is 5.76. The Bertz CT molecular complexity index is 469. The summed E-state index contributed by atoms with van der Waals surface area (Å²) in [5.74, 6) is 0.650. The highest BCUT2D eigenvalue weighted by molar-refractivity contribution is 6.30. The number of carbonyl (C=O) groups is 1. The van der Waals surface area contributed by atoms with E-state index in [1.165, 1.54) is 0 Å². The quantitative estimate of drug-likeness (QED) is 0.835. The summed E-state index contributed by atoms with van der Waals surface area (Å²) in [6.07, 6.45) is 4.98. The van der Waals surface area contributed by atoms with Crippen molar-refractivity contribution in [3.63, 3.8) is 0 Å². The monoisotopic (exact) mass is 312 g/mol. The Hall–Kier alpha value is -1.40. The minimum Gasteiger partial charge on any atom is -0.383 e. The molecule has 1 saturated heterocycles. The number of nitrogens with one attached hydrogen (secondary N) is 1. The van der Waals surface area contributed by atoms with Crippen LogP contribution in [0, 0.1) is 5.92 Å². The Labute approximate surface area is 129 Å². The number of hydrogen-bond acceptors (Lipinski definition) is 5. The van der Waals surface area contributed by atoms with Crippen LogP contribution >= 0.6 is 11.6 Å². The van der Waals surface area contributed by atoms with E-state index in [1.54, 1.807) is 19.5 Å². The van der Waals surface area contributed by atoms with Crippen molar-refractivity contribution in [2.24, 2.45) is 5.92 Å². The Morgan fingerprint density at radius 1 is 1.48 bits per heavy atom. The molecule has 116 valence electrons. The van der Waals surface area contributed by atoms with Crippen LogP contribution in [0.1, 0.15) is 19.8 Å². The Balaban J connectivity index is 1.98. The molecule has 0 bridgehead atoms. The van der Waals surface area contributed by atoms with Gasteiger partial charge in [0.15, 0.2) is 0 Å². The van der Waals surface area contributed by atoms with Gasteiger partial charge < -0.3 is 15.0 Å². The summed E-state index contributed by atoms with van der Waals surface area (Å²) in [7, 11) is 1.62. The number of amides is 1.